The van der Waals surface area contributed by atoms with Crippen molar-refractivity contribution in [3.8, 4) is 5.75 Å². The molecule has 1 rings (SSSR count). The van der Waals surface area contributed by atoms with Crippen molar-refractivity contribution in [2.75, 3.05) is 6.61 Å². The van der Waals surface area contributed by atoms with Gasteiger partial charge in [0.15, 0.2) is 6.10 Å². The van der Waals surface area contributed by atoms with E-state index in [-0.39, 0.29) is 5.78 Å². The van der Waals surface area contributed by atoms with E-state index in [0.717, 1.165) is 12.2 Å². The van der Waals surface area contributed by atoms with Crippen molar-refractivity contribution in [2.45, 2.75) is 130 Å². The van der Waals surface area contributed by atoms with E-state index in [1.165, 1.54) is 103 Å². The van der Waals surface area contributed by atoms with Gasteiger partial charge in [-0.25, -0.2) is 0 Å². The summed E-state index contributed by atoms with van der Waals surface area (Å²) in [7, 11) is 0. The highest BCUT2D eigenvalue weighted by Gasteiger charge is 2.17. The Morgan fingerprint density at radius 2 is 1.12 bits per heavy atom. The summed E-state index contributed by atoms with van der Waals surface area (Å²) in [6.07, 6.45) is 21.0. The zero-order valence-electron chi connectivity index (χ0n) is 21.5. The molecular weight excluding hydrogens is 412 g/mol. The summed E-state index contributed by atoms with van der Waals surface area (Å²) in [6.45, 7) is 5.88. The Bertz CT molecular complexity index is 623. The van der Waals surface area contributed by atoms with Crippen molar-refractivity contribution >= 4 is 11.8 Å². The van der Waals surface area contributed by atoms with Crippen LogP contribution in [0.3, 0.4) is 0 Å². The second-order valence-electron chi connectivity index (χ2n) is 9.29. The van der Waals surface area contributed by atoms with Crippen molar-refractivity contribution in [3.05, 3.63) is 29.8 Å². The van der Waals surface area contributed by atoms with Crippen LogP contribution in [0.1, 0.15) is 134 Å². The highest BCUT2D eigenvalue weighted by Crippen LogP contribution is 2.16. The zero-order chi connectivity index (χ0) is 24.2. The molecule has 1 unspecified atom stereocenters. The van der Waals surface area contributed by atoms with Crippen LogP contribution in [-0.4, -0.2) is 24.5 Å². The van der Waals surface area contributed by atoms with Crippen LogP contribution in [0.4, 0.5) is 0 Å². The van der Waals surface area contributed by atoms with Crippen LogP contribution >= 0.6 is 0 Å². The van der Waals surface area contributed by atoms with E-state index in [4.69, 9.17) is 9.47 Å². The van der Waals surface area contributed by atoms with Crippen molar-refractivity contribution in [2.24, 2.45) is 0 Å². The summed E-state index contributed by atoms with van der Waals surface area (Å²) in [6, 6.07) is 7.07. The molecule has 188 valence electrons. The van der Waals surface area contributed by atoms with Gasteiger partial charge >= 0.3 is 5.97 Å². The molecule has 0 aromatic heterocycles. The van der Waals surface area contributed by atoms with Gasteiger partial charge < -0.3 is 9.47 Å². The lowest BCUT2D eigenvalue weighted by Crippen LogP contribution is -2.23. The lowest BCUT2D eigenvalue weighted by atomic mass is 10.0. The summed E-state index contributed by atoms with van der Waals surface area (Å²) < 4.78 is 10.7. The number of ether oxygens (including phenoxy) is 2. The largest absolute Gasteiger partial charge is 0.494 e. The maximum absolute atomic E-state index is 12.2. The van der Waals surface area contributed by atoms with Crippen LogP contribution in [0.25, 0.3) is 0 Å². The Morgan fingerprint density at radius 3 is 1.55 bits per heavy atom. The summed E-state index contributed by atoms with van der Waals surface area (Å²) >= 11 is 0. The normalized spacial score (nSPS) is 11.8. The first kappa shape index (κ1) is 29.2. The molecule has 33 heavy (non-hydrogen) atoms. The highest BCUT2D eigenvalue weighted by molar-refractivity contribution is 6.00. The first-order valence-corrected chi connectivity index (χ1v) is 13.5. The van der Waals surface area contributed by atoms with Crippen LogP contribution in [0.5, 0.6) is 5.75 Å². The van der Waals surface area contributed by atoms with E-state index < -0.39 is 12.1 Å². The average molecular weight is 461 g/mol. The molecular formula is C29H48O4. The topological polar surface area (TPSA) is 52.6 Å². The summed E-state index contributed by atoms with van der Waals surface area (Å²) in [5.41, 5.74) is 0.526. The van der Waals surface area contributed by atoms with Gasteiger partial charge in [0, 0.05) is 12.5 Å². The van der Waals surface area contributed by atoms with Gasteiger partial charge in [-0.05, 0) is 37.6 Å². The van der Waals surface area contributed by atoms with Crippen molar-refractivity contribution < 1.29 is 19.1 Å². The van der Waals surface area contributed by atoms with Crippen molar-refractivity contribution in [1.29, 1.82) is 0 Å². The summed E-state index contributed by atoms with van der Waals surface area (Å²) in [5.74, 6) is 0.122. The Hall–Kier alpha value is -1.84. The molecule has 1 atom stereocenters. The number of rotatable bonds is 21. The lowest BCUT2D eigenvalue weighted by molar-refractivity contribution is -0.143. The Kier molecular flexibility index (Phi) is 17.4. The molecule has 1 aromatic carbocycles. The van der Waals surface area contributed by atoms with Crippen molar-refractivity contribution in [1.82, 2.24) is 0 Å². The maximum Gasteiger partial charge on any atom is 0.303 e. The fourth-order valence-electron chi connectivity index (χ4n) is 4.09. The van der Waals surface area contributed by atoms with Gasteiger partial charge in [0.05, 0.1) is 6.61 Å². The van der Waals surface area contributed by atoms with E-state index in [2.05, 4.69) is 6.92 Å². The molecule has 1 aromatic rings. The minimum absolute atomic E-state index is 0.199. The standard InChI is InChI=1S/C29H48O4/c1-4-5-6-7-8-9-10-11-12-13-14-15-16-17-18-19-24-32-28-22-20-27(21-23-28)29(31)25(2)33-26(3)30/h20-23,25H,4-19,24H2,1-3H3. The Balaban J connectivity index is 1.93. The van der Waals surface area contributed by atoms with E-state index in [0.29, 0.717) is 12.2 Å². The first-order valence-electron chi connectivity index (χ1n) is 13.5. The zero-order valence-corrected chi connectivity index (χ0v) is 21.5. The van der Waals surface area contributed by atoms with E-state index in [1.54, 1.807) is 31.2 Å². The lowest BCUT2D eigenvalue weighted by Gasteiger charge is -2.11. The number of carbonyl (C=O) groups is 2. The second-order valence-corrected chi connectivity index (χ2v) is 9.29. The average Bonchev–Trinajstić information content (AvgIpc) is 2.80. The number of hydrogen-bond donors (Lipinski definition) is 0. The molecule has 0 N–H and O–H groups in total. The number of ketones is 1. The van der Waals surface area contributed by atoms with Gasteiger partial charge in [-0.3, -0.25) is 9.59 Å². The van der Waals surface area contributed by atoms with Crippen molar-refractivity contribution in [3.63, 3.8) is 0 Å². The van der Waals surface area contributed by atoms with Gasteiger partial charge in [-0.2, -0.15) is 0 Å². The van der Waals surface area contributed by atoms with Gasteiger partial charge in [0.1, 0.15) is 5.75 Å². The quantitative estimate of drug-likeness (QED) is 0.105. The first-order chi connectivity index (χ1) is 16.0. The molecule has 0 aliphatic carbocycles. The second kappa shape index (κ2) is 19.6. The molecule has 0 radical (unpaired) electrons. The van der Waals surface area contributed by atoms with Crippen LogP contribution in [0, 0.1) is 0 Å². The molecule has 0 bridgehead atoms. The summed E-state index contributed by atoms with van der Waals surface area (Å²) in [5, 5.41) is 0. The predicted octanol–water partition coefficient (Wildman–Crippen LogP) is 8.46. The number of carbonyl (C=O) groups excluding carboxylic acids is 2. The maximum atomic E-state index is 12.2. The minimum atomic E-state index is -0.764. The molecule has 4 nitrogen and oxygen atoms in total. The van der Waals surface area contributed by atoms with E-state index >= 15 is 0 Å². The number of esters is 1. The third-order valence-corrected chi connectivity index (χ3v) is 6.12. The molecule has 0 aliphatic rings. The van der Waals surface area contributed by atoms with Crippen LogP contribution in [0.15, 0.2) is 24.3 Å². The molecule has 0 saturated heterocycles. The van der Waals surface area contributed by atoms with Crippen LogP contribution in [0.2, 0.25) is 0 Å². The number of unbranched alkanes of at least 4 members (excludes halogenated alkanes) is 15. The van der Waals surface area contributed by atoms with Gasteiger partial charge in [0.2, 0.25) is 5.78 Å². The smallest absolute Gasteiger partial charge is 0.303 e. The van der Waals surface area contributed by atoms with Crippen LogP contribution in [-0.2, 0) is 9.53 Å². The molecule has 0 spiro atoms. The molecule has 4 heteroatoms. The number of hydrogen-bond acceptors (Lipinski definition) is 4. The predicted molar refractivity (Wildman–Crippen MR) is 137 cm³/mol. The molecule has 0 fully saturated rings. The van der Waals surface area contributed by atoms with E-state index in [9.17, 15) is 9.59 Å². The molecule has 0 aliphatic heterocycles. The molecule has 0 heterocycles. The highest BCUT2D eigenvalue weighted by atomic mass is 16.5. The SMILES string of the molecule is CCCCCCCCCCCCCCCCCCOc1ccc(C(=O)C(C)OC(C)=O)cc1. The number of benzene rings is 1. The van der Waals surface area contributed by atoms with E-state index in [1.807, 2.05) is 0 Å². The summed E-state index contributed by atoms with van der Waals surface area (Å²) in [4.78, 5) is 23.2. The monoisotopic (exact) mass is 460 g/mol. The van der Waals surface area contributed by atoms with Gasteiger partial charge in [-0.1, -0.05) is 103 Å². The Labute approximate surface area is 202 Å². The fourth-order valence-corrected chi connectivity index (χ4v) is 4.09. The minimum Gasteiger partial charge on any atom is -0.494 e. The number of Topliss-reactive ketones (excluding diaryl/α,β-unsaturated/α-hetero) is 1. The third kappa shape index (κ3) is 15.6. The molecule has 0 saturated carbocycles. The van der Waals surface area contributed by atoms with Gasteiger partial charge in [0.25, 0.3) is 0 Å². The molecule has 0 amide bonds. The fraction of sp³-hybridized carbons (Fsp3) is 0.724. The third-order valence-electron chi connectivity index (χ3n) is 6.12. The van der Waals surface area contributed by atoms with Crippen LogP contribution < -0.4 is 4.74 Å². The Morgan fingerprint density at radius 1 is 0.697 bits per heavy atom. The van der Waals surface area contributed by atoms with Gasteiger partial charge in [-0.15, -0.1) is 0 Å².